The van der Waals surface area contributed by atoms with E-state index in [1.807, 2.05) is 24.3 Å². The Morgan fingerprint density at radius 1 is 1.24 bits per heavy atom. The maximum Gasteiger partial charge on any atom is 0.255 e. The molecule has 1 aromatic heterocycles. The number of hydrogen-bond donors (Lipinski definition) is 2. The van der Waals surface area contributed by atoms with E-state index in [1.165, 1.54) is 0 Å². The summed E-state index contributed by atoms with van der Waals surface area (Å²) in [6.07, 6.45) is 6.50. The average molecular weight is 414 g/mol. The molecule has 0 spiro atoms. The second kappa shape index (κ2) is 6.85. The number of aliphatic hydroxyl groups is 1. The number of rotatable bonds is 4. The first-order valence-electron chi connectivity index (χ1n) is 10.7. The largest absolute Gasteiger partial charge is 0.390 e. The second-order valence-electron chi connectivity index (χ2n) is 9.65. The fourth-order valence-corrected chi connectivity index (χ4v) is 6.57. The highest BCUT2D eigenvalue weighted by molar-refractivity contribution is 6.32. The van der Waals surface area contributed by atoms with Crippen molar-refractivity contribution in [3.05, 3.63) is 46.7 Å². The van der Waals surface area contributed by atoms with Gasteiger partial charge in [-0.15, -0.1) is 0 Å². The Hall–Kier alpha value is -1.85. The molecule has 2 N–H and O–H groups in total. The van der Waals surface area contributed by atoms with E-state index in [4.69, 9.17) is 11.6 Å². The molecule has 1 heterocycles. The fraction of sp³-hybridized carbons (Fsp3) is 0.565. The lowest BCUT2D eigenvalue weighted by molar-refractivity contribution is -0.136. The molecule has 1 amide bonds. The van der Waals surface area contributed by atoms with Crippen molar-refractivity contribution < 1.29 is 9.90 Å². The molecule has 154 valence electrons. The zero-order valence-corrected chi connectivity index (χ0v) is 17.7. The van der Waals surface area contributed by atoms with E-state index in [9.17, 15) is 9.90 Å². The predicted octanol–water partition coefficient (Wildman–Crippen LogP) is 4.32. The SMILES string of the molecule is CC(C)c1c(C(=O)NC2C3CC4CC2CC(O)(C4)C3)cnn1-c1ccccc1Cl. The number of nitrogens with one attached hydrogen (secondary N) is 1. The smallest absolute Gasteiger partial charge is 0.255 e. The maximum absolute atomic E-state index is 13.3. The van der Waals surface area contributed by atoms with E-state index in [0.717, 1.165) is 43.5 Å². The molecule has 4 saturated carbocycles. The molecule has 2 atom stereocenters. The number of carbonyl (C=O) groups excluding carboxylic acids is 1. The van der Waals surface area contributed by atoms with E-state index in [1.54, 1.807) is 10.9 Å². The minimum atomic E-state index is -0.490. The Kier molecular flexibility index (Phi) is 4.52. The number of carbonyl (C=O) groups is 1. The van der Waals surface area contributed by atoms with Gasteiger partial charge in [-0.1, -0.05) is 37.6 Å². The maximum atomic E-state index is 13.3. The Labute approximate surface area is 176 Å². The van der Waals surface area contributed by atoms with Crippen LogP contribution < -0.4 is 5.32 Å². The molecule has 0 saturated heterocycles. The van der Waals surface area contributed by atoms with Gasteiger partial charge in [-0.3, -0.25) is 4.79 Å². The monoisotopic (exact) mass is 413 g/mol. The van der Waals surface area contributed by atoms with Crippen molar-refractivity contribution in [1.29, 1.82) is 0 Å². The van der Waals surface area contributed by atoms with Crippen LogP contribution in [0.15, 0.2) is 30.5 Å². The van der Waals surface area contributed by atoms with E-state index in [-0.39, 0.29) is 17.9 Å². The van der Waals surface area contributed by atoms with Crippen LogP contribution in [0.1, 0.15) is 67.9 Å². The van der Waals surface area contributed by atoms with Crippen molar-refractivity contribution in [1.82, 2.24) is 15.1 Å². The number of hydrogen-bond acceptors (Lipinski definition) is 3. The van der Waals surface area contributed by atoms with Crippen LogP contribution in [0.25, 0.3) is 5.69 Å². The van der Waals surface area contributed by atoms with Crippen LogP contribution in [0.3, 0.4) is 0 Å². The molecule has 2 unspecified atom stereocenters. The van der Waals surface area contributed by atoms with Crippen molar-refractivity contribution in [2.45, 2.75) is 63.5 Å². The fourth-order valence-electron chi connectivity index (χ4n) is 6.35. The van der Waals surface area contributed by atoms with Gasteiger partial charge in [0.15, 0.2) is 0 Å². The molecule has 6 rings (SSSR count). The molecule has 4 aliphatic rings. The van der Waals surface area contributed by atoms with Gasteiger partial charge in [-0.2, -0.15) is 5.10 Å². The number of amides is 1. The van der Waals surface area contributed by atoms with Crippen molar-refractivity contribution in [2.24, 2.45) is 17.8 Å². The highest BCUT2D eigenvalue weighted by Crippen LogP contribution is 2.55. The molecule has 5 nitrogen and oxygen atoms in total. The summed E-state index contributed by atoms with van der Waals surface area (Å²) in [7, 11) is 0. The van der Waals surface area contributed by atoms with Gasteiger partial charge in [-0.05, 0) is 67.9 Å². The second-order valence-corrected chi connectivity index (χ2v) is 10.1. The molecule has 2 aromatic rings. The highest BCUT2D eigenvalue weighted by Gasteiger charge is 2.55. The van der Waals surface area contributed by atoms with Crippen molar-refractivity contribution in [3.63, 3.8) is 0 Å². The summed E-state index contributed by atoms with van der Waals surface area (Å²) in [4.78, 5) is 13.3. The van der Waals surface area contributed by atoms with Crippen LogP contribution in [0.2, 0.25) is 5.02 Å². The molecule has 4 fully saturated rings. The zero-order valence-electron chi connectivity index (χ0n) is 16.9. The molecule has 0 radical (unpaired) electrons. The third-order valence-corrected chi connectivity index (χ3v) is 7.54. The van der Waals surface area contributed by atoms with Crippen LogP contribution in [-0.2, 0) is 0 Å². The van der Waals surface area contributed by atoms with Gasteiger partial charge in [0.05, 0.1) is 33.8 Å². The van der Waals surface area contributed by atoms with Gasteiger partial charge in [-0.25, -0.2) is 4.68 Å². The Balaban J connectivity index is 1.43. The normalized spacial score (nSPS) is 32.7. The van der Waals surface area contributed by atoms with Crippen molar-refractivity contribution in [3.8, 4) is 5.69 Å². The quantitative estimate of drug-likeness (QED) is 0.784. The molecule has 29 heavy (non-hydrogen) atoms. The number of aromatic nitrogens is 2. The lowest BCUT2D eigenvalue weighted by atomic mass is 9.52. The number of benzene rings is 1. The molecule has 6 heteroatoms. The average Bonchev–Trinajstić information content (AvgIpc) is 3.09. The van der Waals surface area contributed by atoms with Gasteiger partial charge < -0.3 is 10.4 Å². The number of halogens is 1. The highest BCUT2D eigenvalue weighted by atomic mass is 35.5. The Morgan fingerprint density at radius 2 is 1.93 bits per heavy atom. The third kappa shape index (κ3) is 3.19. The van der Waals surface area contributed by atoms with Crippen molar-refractivity contribution >= 4 is 17.5 Å². The van der Waals surface area contributed by atoms with E-state index in [0.29, 0.717) is 28.3 Å². The van der Waals surface area contributed by atoms with E-state index >= 15 is 0 Å². The van der Waals surface area contributed by atoms with E-state index < -0.39 is 5.60 Å². The van der Waals surface area contributed by atoms with Crippen LogP contribution in [-0.4, -0.2) is 32.4 Å². The summed E-state index contributed by atoms with van der Waals surface area (Å²) < 4.78 is 1.79. The summed E-state index contributed by atoms with van der Waals surface area (Å²) >= 11 is 6.39. The molecule has 0 aliphatic heterocycles. The van der Waals surface area contributed by atoms with Gasteiger partial charge >= 0.3 is 0 Å². The van der Waals surface area contributed by atoms with Crippen LogP contribution in [0, 0.1) is 17.8 Å². The van der Waals surface area contributed by atoms with E-state index in [2.05, 4.69) is 24.3 Å². The van der Waals surface area contributed by atoms with Crippen LogP contribution in [0.5, 0.6) is 0 Å². The first kappa shape index (κ1) is 19.1. The van der Waals surface area contributed by atoms with Gasteiger partial charge in [0.2, 0.25) is 0 Å². The van der Waals surface area contributed by atoms with Gasteiger partial charge in [0, 0.05) is 6.04 Å². The standard InChI is InChI=1S/C23H28ClN3O2/c1-13(2)21-17(12-25-27(21)19-6-4-3-5-18(19)24)22(28)26-20-15-7-14-8-16(20)11-23(29,9-14)10-15/h3-6,12-16,20,29H,7-11H2,1-2H3,(H,26,28). The predicted molar refractivity (Wildman–Crippen MR) is 112 cm³/mol. The molecule has 1 aromatic carbocycles. The minimum absolute atomic E-state index is 0.0588. The minimum Gasteiger partial charge on any atom is -0.390 e. The number of nitrogens with zero attached hydrogens (tertiary/aromatic N) is 2. The first-order chi connectivity index (χ1) is 13.8. The lowest BCUT2D eigenvalue weighted by Crippen LogP contribution is -2.61. The first-order valence-corrected chi connectivity index (χ1v) is 11.1. The summed E-state index contributed by atoms with van der Waals surface area (Å²) in [6, 6.07) is 7.72. The summed E-state index contributed by atoms with van der Waals surface area (Å²) in [5.74, 6) is 1.46. The third-order valence-electron chi connectivity index (χ3n) is 7.22. The molecule has 4 bridgehead atoms. The lowest BCUT2D eigenvalue weighted by Gasteiger charge is -2.58. The molecular weight excluding hydrogens is 386 g/mol. The Morgan fingerprint density at radius 3 is 2.55 bits per heavy atom. The van der Waals surface area contributed by atoms with Crippen LogP contribution >= 0.6 is 11.6 Å². The van der Waals surface area contributed by atoms with Crippen molar-refractivity contribution in [2.75, 3.05) is 0 Å². The summed E-state index contributed by atoms with van der Waals surface area (Å²) in [5.41, 5.74) is 1.79. The van der Waals surface area contributed by atoms with Gasteiger partial charge in [0.25, 0.3) is 5.91 Å². The zero-order chi connectivity index (χ0) is 20.3. The number of para-hydroxylation sites is 1. The van der Waals surface area contributed by atoms with Gasteiger partial charge in [0.1, 0.15) is 0 Å². The molecular formula is C23H28ClN3O2. The summed E-state index contributed by atoms with van der Waals surface area (Å²) in [5, 5.41) is 19.3. The topological polar surface area (TPSA) is 67.2 Å². The molecule has 4 aliphatic carbocycles. The summed E-state index contributed by atoms with van der Waals surface area (Å²) in [6.45, 7) is 4.14. The Bertz CT molecular complexity index is 937. The van der Waals surface area contributed by atoms with Crippen LogP contribution in [0.4, 0.5) is 0 Å².